The molecule has 3 aromatic heterocycles. The highest BCUT2D eigenvalue weighted by molar-refractivity contribution is 7.16. The molecular weight excluding hydrogens is 330 g/mol. The zero-order valence-electron chi connectivity index (χ0n) is 14.5. The normalized spacial score (nSPS) is 18.0. The quantitative estimate of drug-likeness (QED) is 0.678. The molecule has 0 saturated carbocycles. The van der Waals surface area contributed by atoms with Crippen LogP contribution in [0.2, 0.25) is 0 Å². The number of anilines is 1. The summed E-state index contributed by atoms with van der Waals surface area (Å²) >= 11 is 1.67. The van der Waals surface area contributed by atoms with Crippen molar-refractivity contribution in [3.8, 4) is 0 Å². The maximum Gasteiger partial charge on any atom is 0.141 e. The van der Waals surface area contributed by atoms with Gasteiger partial charge in [-0.15, -0.1) is 11.3 Å². The van der Waals surface area contributed by atoms with Crippen molar-refractivity contribution >= 4 is 27.4 Å². The summed E-state index contributed by atoms with van der Waals surface area (Å²) in [5.41, 5.74) is 1.26. The minimum Gasteiger partial charge on any atom is -0.350 e. The first-order valence-electron chi connectivity index (χ1n) is 8.91. The van der Waals surface area contributed by atoms with E-state index in [1.807, 2.05) is 12.4 Å². The number of aromatic nitrogens is 3. The Morgan fingerprint density at radius 3 is 2.96 bits per heavy atom. The van der Waals surface area contributed by atoms with Crippen LogP contribution in [0.5, 0.6) is 0 Å². The Kier molecular flexibility index (Phi) is 4.90. The highest BCUT2D eigenvalue weighted by Crippen LogP contribution is 2.29. The lowest BCUT2D eigenvalue weighted by Gasteiger charge is -2.31. The molecule has 1 fully saturated rings. The van der Waals surface area contributed by atoms with Crippen LogP contribution in [0.25, 0.3) is 10.2 Å². The third kappa shape index (κ3) is 3.50. The second kappa shape index (κ2) is 7.45. The van der Waals surface area contributed by atoms with Gasteiger partial charge >= 0.3 is 0 Å². The predicted octanol–water partition coefficient (Wildman–Crippen LogP) is 3.58. The summed E-state index contributed by atoms with van der Waals surface area (Å²) in [6.45, 7) is 6.43. The molecule has 0 N–H and O–H groups in total. The van der Waals surface area contributed by atoms with Gasteiger partial charge in [-0.3, -0.25) is 9.88 Å². The van der Waals surface area contributed by atoms with Crippen molar-refractivity contribution in [1.82, 2.24) is 19.9 Å². The Bertz CT molecular complexity index is 819. The van der Waals surface area contributed by atoms with Crippen molar-refractivity contribution < 1.29 is 0 Å². The first kappa shape index (κ1) is 16.4. The van der Waals surface area contributed by atoms with Crippen molar-refractivity contribution in [1.29, 1.82) is 0 Å². The van der Waals surface area contributed by atoms with Crippen LogP contribution in [0.4, 0.5) is 5.82 Å². The van der Waals surface area contributed by atoms with E-state index in [4.69, 9.17) is 0 Å². The molecule has 25 heavy (non-hydrogen) atoms. The fraction of sp³-hybridized carbons (Fsp3) is 0.421. The maximum atomic E-state index is 4.66. The van der Waals surface area contributed by atoms with Gasteiger partial charge in [0.25, 0.3) is 0 Å². The van der Waals surface area contributed by atoms with Gasteiger partial charge in [-0.05, 0) is 55.1 Å². The van der Waals surface area contributed by atoms with Gasteiger partial charge in [-0.25, -0.2) is 9.97 Å². The van der Waals surface area contributed by atoms with Crippen molar-refractivity contribution in [3.05, 3.63) is 47.9 Å². The summed E-state index contributed by atoms with van der Waals surface area (Å²) in [7, 11) is 0. The van der Waals surface area contributed by atoms with Crippen molar-refractivity contribution in [2.24, 2.45) is 0 Å². The van der Waals surface area contributed by atoms with Crippen LogP contribution in [0.15, 0.2) is 42.3 Å². The minimum absolute atomic E-state index is 0.593. The number of thiophene rings is 1. The maximum absolute atomic E-state index is 4.66. The fourth-order valence-corrected chi connectivity index (χ4v) is 4.46. The SMILES string of the molecule is CCN1CCCC1CN(Cc1ccncc1)c1ncnc2sccc12. The first-order chi connectivity index (χ1) is 12.3. The summed E-state index contributed by atoms with van der Waals surface area (Å²) < 4.78 is 0. The number of likely N-dealkylation sites (N-methyl/N-ethyl adjacent to an activating group) is 1. The van der Waals surface area contributed by atoms with E-state index >= 15 is 0 Å². The molecular formula is C19H23N5S. The largest absolute Gasteiger partial charge is 0.350 e. The first-order valence-corrected chi connectivity index (χ1v) is 9.79. The van der Waals surface area contributed by atoms with Crippen LogP contribution in [-0.2, 0) is 6.54 Å². The average molecular weight is 353 g/mol. The van der Waals surface area contributed by atoms with Gasteiger partial charge in [-0.1, -0.05) is 6.92 Å². The highest BCUT2D eigenvalue weighted by atomic mass is 32.1. The van der Waals surface area contributed by atoms with Gasteiger partial charge in [-0.2, -0.15) is 0 Å². The molecule has 6 heteroatoms. The van der Waals surface area contributed by atoms with Gasteiger partial charge in [0.2, 0.25) is 0 Å². The van der Waals surface area contributed by atoms with Crippen molar-refractivity contribution in [2.45, 2.75) is 32.4 Å². The third-order valence-electron chi connectivity index (χ3n) is 5.00. The molecule has 0 amide bonds. The fourth-order valence-electron chi connectivity index (χ4n) is 3.74. The van der Waals surface area contributed by atoms with Crippen LogP contribution in [-0.4, -0.2) is 45.5 Å². The van der Waals surface area contributed by atoms with E-state index in [0.717, 1.165) is 35.7 Å². The van der Waals surface area contributed by atoms with E-state index < -0.39 is 0 Å². The molecule has 4 heterocycles. The number of likely N-dealkylation sites (tertiary alicyclic amines) is 1. The molecule has 4 rings (SSSR count). The number of pyridine rings is 1. The molecule has 0 aromatic carbocycles. The molecule has 3 aromatic rings. The lowest BCUT2D eigenvalue weighted by atomic mass is 10.1. The summed E-state index contributed by atoms with van der Waals surface area (Å²) in [4.78, 5) is 19.3. The van der Waals surface area contributed by atoms with Crippen LogP contribution in [0, 0.1) is 0 Å². The molecule has 0 aliphatic carbocycles. The number of hydrogen-bond donors (Lipinski definition) is 0. The lowest BCUT2D eigenvalue weighted by Crippen LogP contribution is -2.40. The van der Waals surface area contributed by atoms with Gasteiger partial charge in [0.05, 0.1) is 5.39 Å². The molecule has 0 bridgehead atoms. The van der Waals surface area contributed by atoms with E-state index in [1.165, 1.54) is 24.9 Å². The van der Waals surface area contributed by atoms with Crippen molar-refractivity contribution in [2.75, 3.05) is 24.5 Å². The topological polar surface area (TPSA) is 45.2 Å². The van der Waals surface area contributed by atoms with Crippen LogP contribution in [0.3, 0.4) is 0 Å². The van der Waals surface area contributed by atoms with E-state index in [9.17, 15) is 0 Å². The molecule has 1 saturated heterocycles. The summed E-state index contributed by atoms with van der Waals surface area (Å²) in [5.74, 6) is 1.05. The van der Waals surface area contributed by atoms with E-state index in [-0.39, 0.29) is 0 Å². The van der Waals surface area contributed by atoms with Gasteiger partial charge in [0.15, 0.2) is 0 Å². The van der Waals surface area contributed by atoms with E-state index in [2.05, 4.69) is 55.3 Å². The summed E-state index contributed by atoms with van der Waals surface area (Å²) in [6, 6.07) is 6.91. The Hall–Kier alpha value is -2.05. The highest BCUT2D eigenvalue weighted by Gasteiger charge is 2.26. The monoisotopic (exact) mass is 353 g/mol. The minimum atomic E-state index is 0.593. The standard InChI is InChI=1S/C19H23N5S/c1-2-23-10-3-4-16(23)13-24(12-15-5-8-20-9-6-15)18-17-7-11-25-19(17)22-14-21-18/h5-9,11,14,16H,2-4,10,12-13H2,1H3. The Morgan fingerprint density at radius 1 is 1.24 bits per heavy atom. The van der Waals surface area contributed by atoms with Crippen molar-refractivity contribution in [3.63, 3.8) is 0 Å². The molecule has 1 aliphatic heterocycles. The van der Waals surface area contributed by atoms with Crippen LogP contribution < -0.4 is 4.90 Å². The lowest BCUT2D eigenvalue weighted by molar-refractivity contribution is 0.268. The Balaban J connectivity index is 1.66. The van der Waals surface area contributed by atoms with Crippen LogP contribution in [0.1, 0.15) is 25.3 Å². The summed E-state index contributed by atoms with van der Waals surface area (Å²) in [5, 5.41) is 3.25. The van der Waals surface area contributed by atoms with Gasteiger partial charge < -0.3 is 4.90 Å². The third-order valence-corrected chi connectivity index (χ3v) is 5.82. The van der Waals surface area contributed by atoms with Gasteiger partial charge in [0, 0.05) is 31.5 Å². The molecule has 130 valence electrons. The number of rotatable bonds is 6. The van der Waals surface area contributed by atoms with E-state index in [0.29, 0.717) is 6.04 Å². The number of nitrogens with zero attached hydrogens (tertiary/aromatic N) is 5. The molecule has 1 aliphatic rings. The zero-order valence-corrected chi connectivity index (χ0v) is 15.3. The van der Waals surface area contributed by atoms with E-state index in [1.54, 1.807) is 17.7 Å². The zero-order chi connectivity index (χ0) is 17.1. The van der Waals surface area contributed by atoms with Gasteiger partial charge in [0.1, 0.15) is 17.0 Å². The average Bonchev–Trinajstić information content (AvgIpc) is 3.30. The second-order valence-corrected chi connectivity index (χ2v) is 7.39. The molecule has 1 atom stereocenters. The Morgan fingerprint density at radius 2 is 2.12 bits per heavy atom. The molecule has 0 spiro atoms. The number of fused-ring (bicyclic) bond motifs is 1. The molecule has 1 unspecified atom stereocenters. The van der Waals surface area contributed by atoms with Crippen LogP contribution >= 0.6 is 11.3 Å². The Labute approximate surface area is 152 Å². The second-order valence-electron chi connectivity index (χ2n) is 6.50. The smallest absolute Gasteiger partial charge is 0.141 e. The molecule has 5 nitrogen and oxygen atoms in total. The summed E-state index contributed by atoms with van der Waals surface area (Å²) in [6.07, 6.45) is 7.97. The predicted molar refractivity (Wildman–Crippen MR) is 103 cm³/mol. The number of hydrogen-bond acceptors (Lipinski definition) is 6. The molecule has 0 radical (unpaired) electrons.